The number of piperazine rings is 1. The van der Waals surface area contributed by atoms with Crippen molar-refractivity contribution in [2.24, 2.45) is 5.16 Å². The van der Waals surface area contributed by atoms with E-state index in [0.717, 1.165) is 17.6 Å². The van der Waals surface area contributed by atoms with Gasteiger partial charge in [0, 0.05) is 75.2 Å². The van der Waals surface area contributed by atoms with Crippen molar-refractivity contribution in [1.82, 2.24) is 14.9 Å². The molecule has 1 amide bonds. The zero-order valence-electron chi connectivity index (χ0n) is 19.7. The maximum absolute atomic E-state index is 14.9. The minimum Gasteiger partial charge on any atom is -0.411 e. The fourth-order valence-electron chi connectivity index (χ4n) is 4.37. The van der Waals surface area contributed by atoms with Crippen LogP contribution in [0.4, 0.5) is 14.6 Å². The van der Waals surface area contributed by atoms with E-state index in [2.05, 4.69) is 20.0 Å². The molecule has 1 saturated heterocycles. The van der Waals surface area contributed by atoms with Gasteiger partial charge in [0.1, 0.15) is 17.5 Å². The highest BCUT2D eigenvalue weighted by atomic mass is 19.1. The minimum atomic E-state index is -0.678. The fourth-order valence-corrected chi connectivity index (χ4v) is 4.37. The van der Waals surface area contributed by atoms with Crippen molar-refractivity contribution in [2.45, 2.75) is 26.2 Å². The Bertz CT molecular complexity index is 1220. The van der Waals surface area contributed by atoms with Crippen LogP contribution in [0.5, 0.6) is 0 Å². The summed E-state index contributed by atoms with van der Waals surface area (Å²) in [4.78, 5) is 24.2. The summed E-state index contributed by atoms with van der Waals surface area (Å²) in [7, 11) is 0. The van der Waals surface area contributed by atoms with Gasteiger partial charge in [-0.2, -0.15) is 0 Å². The van der Waals surface area contributed by atoms with Crippen molar-refractivity contribution in [1.29, 1.82) is 0 Å². The van der Waals surface area contributed by atoms with Gasteiger partial charge in [0.05, 0.1) is 5.71 Å². The monoisotopic (exact) mass is 479 g/mol. The standard InChI is InChI=1S/C26H27F2N5O2/c1-17-13-19(7-8-29-17)25(31-35)15-23(22-5-4-21(27)14-24(22)28)20-3-6-26(30-16-20)33-11-9-32(10-12-33)18(2)34/h3-8,13-14,16,23,35H,9-12,15H2,1-2H3/b31-25-. The van der Waals surface area contributed by atoms with Crippen molar-refractivity contribution < 1.29 is 18.8 Å². The zero-order chi connectivity index (χ0) is 24.9. The molecule has 0 bridgehead atoms. The lowest BCUT2D eigenvalue weighted by atomic mass is 9.86. The molecule has 35 heavy (non-hydrogen) atoms. The number of benzene rings is 1. The van der Waals surface area contributed by atoms with Crippen molar-refractivity contribution >= 4 is 17.4 Å². The maximum Gasteiger partial charge on any atom is 0.219 e. The second kappa shape index (κ2) is 10.6. The molecule has 0 saturated carbocycles. The summed E-state index contributed by atoms with van der Waals surface area (Å²) in [6, 6.07) is 10.7. The molecule has 0 aliphatic carbocycles. The van der Waals surface area contributed by atoms with Gasteiger partial charge in [-0.05, 0) is 42.3 Å². The Balaban J connectivity index is 1.63. The number of rotatable bonds is 6. The lowest BCUT2D eigenvalue weighted by molar-refractivity contribution is -0.129. The predicted octanol–water partition coefficient (Wildman–Crippen LogP) is 4.13. The Morgan fingerprint density at radius 2 is 1.86 bits per heavy atom. The molecular weight excluding hydrogens is 452 g/mol. The maximum atomic E-state index is 14.9. The van der Waals surface area contributed by atoms with E-state index in [0.29, 0.717) is 43.0 Å². The van der Waals surface area contributed by atoms with Gasteiger partial charge < -0.3 is 15.0 Å². The van der Waals surface area contributed by atoms with E-state index >= 15 is 0 Å². The number of hydrogen-bond donors (Lipinski definition) is 1. The van der Waals surface area contributed by atoms with Crippen LogP contribution in [0.15, 0.2) is 60.0 Å². The average Bonchev–Trinajstić information content (AvgIpc) is 2.86. The molecular formula is C26H27F2N5O2. The van der Waals surface area contributed by atoms with Crippen LogP contribution in [0.3, 0.4) is 0 Å². The van der Waals surface area contributed by atoms with E-state index < -0.39 is 17.6 Å². The quantitative estimate of drug-likeness (QED) is 0.327. The van der Waals surface area contributed by atoms with Gasteiger partial charge in [0.2, 0.25) is 5.91 Å². The summed E-state index contributed by atoms with van der Waals surface area (Å²) in [5.41, 5.74) is 2.76. The first kappa shape index (κ1) is 24.3. The van der Waals surface area contributed by atoms with Gasteiger partial charge in [-0.3, -0.25) is 9.78 Å². The lowest BCUT2D eigenvalue weighted by Gasteiger charge is -2.35. The lowest BCUT2D eigenvalue weighted by Crippen LogP contribution is -2.48. The molecule has 1 aliphatic rings. The number of nitrogens with zero attached hydrogens (tertiary/aromatic N) is 5. The summed E-state index contributed by atoms with van der Waals surface area (Å²) >= 11 is 0. The summed E-state index contributed by atoms with van der Waals surface area (Å²) in [6.07, 6.45) is 3.46. The number of carbonyl (C=O) groups excluding carboxylic acids is 1. The van der Waals surface area contributed by atoms with E-state index in [4.69, 9.17) is 0 Å². The van der Waals surface area contributed by atoms with Gasteiger partial charge in [0.15, 0.2) is 0 Å². The topological polar surface area (TPSA) is 81.9 Å². The molecule has 182 valence electrons. The Morgan fingerprint density at radius 1 is 1.09 bits per heavy atom. The summed E-state index contributed by atoms with van der Waals surface area (Å²) < 4.78 is 28.5. The van der Waals surface area contributed by atoms with Crippen LogP contribution in [0.1, 0.15) is 41.6 Å². The summed E-state index contributed by atoms with van der Waals surface area (Å²) in [5.74, 6) is -1.09. The number of hydrogen-bond acceptors (Lipinski definition) is 6. The Morgan fingerprint density at radius 3 is 2.46 bits per heavy atom. The van der Waals surface area contributed by atoms with Gasteiger partial charge in [-0.25, -0.2) is 13.8 Å². The van der Waals surface area contributed by atoms with Crippen LogP contribution in [0.2, 0.25) is 0 Å². The van der Waals surface area contributed by atoms with E-state index in [1.807, 2.05) is 19.1 Å². The molecule has 0 radical (unpaired) electrons. The fraction of sp³-hybridized carbons (Fsp3) is 0.308. The molecule has 1 N–H and O–H groups in total. The Hall–Kier alpha value is -3.88. The molecule has 7 nitrogen and oxygen atoms in total. The number of anilines is 1. The molecule has 1 aliphatic heterocycles. The number of halogens is 2. The van der Waals surface area contributed by atoms with Crippen molar-refractivity contribution in [3.05, 3.63) is 88.9 Å². The molecule has 3 aromatic rings. The first-order chi connectivity index (χ1) is 16.9. The second-order valence-corrected chi connectivity index (χ2v) is 8.60. The van der Waals surface area contributed by atoms with Crippen LogP contribution in [0.25, 0.3) is 0 Å². The molecule has 1 aromatic carbocycles. The van der Waals surface area contributed by atoms with Crippen LogP contribution in [0, 0.1) is 18.6 Å². The highest BCUT2D eigenvalue weighted by Crippen LogP contribution is 2.32. The van der Waals surface area contributed by atoms with Crippen molar-refractivity contribution in [2.75, 3.05) is 31.1 Å². The third kappa shape index (κ3) is 5.62. The smallest absolute Gasteiger partial charge is 0.219 e. The Labute approximate surface area is 202 Å². The summed E-state index contributed by atoms with van der Waals surface area (Å²) in [6.45, 7) is 5.99. The first-order valence-corrected chi connectivity index (χ1v) is 11.4. The van der Waals surface area contributed by atoms with E-state index in [-0.39, 0.29) is 17.9 Å². The SMILES string of the molecule is CC(=O)N1CCN(c2ccc(C(C/C(=N/O)c3ccnc(C)c3)c3ccc(F)cc3F)cn2)CC1. The van der Waals surface area contributed by atoms with Gasteiger partial charge in [-0.15, -0.1) is 0 Å². The van der Waals surface area contributed by atoms with E-state index in [9.17, 15) is 18.8 Å². The van der Waals surface area contributed by atoms with Crippen LogP contribution < -0.4 is 4.90 Å². The number of amides is 1. The third-order valence-corrected chi connectivity index (χ3v) is 6.31. The van der Waals surface area contributed by atoms with Crippen LogP contribution in [-0.2, 0) is 4.79 Å². The highest BCUT2D eigenvalue weighted by Gasteiger charge is 2.24. The molecule has 3 heterocycles. The average molecular weight is 480 g/mol. The summed E-state index contributed by atoms with van der Waals surface area (Å²) in [5, 5.41) is 13.2. The number of oxime groups is 1. The number of aromatic nitrogens is 2. The van der Waals surface area contributed by atoms with Gasteiger partial charge in [-0.1, -0.05) is 17.3 Å². The van der Waals surface area contributed by atoms with Crippen molar-refractivity contribution in [3.8, 4) is 0 Å². The molecule has 2 aromatic heterocycles. The molecule has 4 rings (SSSR count). The largest absolute Gasteiger partial charge is 0.411 e. The van der Waals surface area contributed by atoms with E-state index in [1.54, 1.807) is 36.4 Å². The van der Waals surface area contributed by atoms with Crippen LogP contribution in [-0.4, -0.2) is 57.9 Å². The second-order valence-electron chi connectivity index (χ2n) is 8.60. The highest BCUT2D eigenvalue weighted by molar-refractivity contribution is 6.00. The minimum absolute atomic E-state index is 0.0582. The van der Waals surface area contributed by atoms with Crippen molar-refractivity contribution in [3.63, 3.8) is 0 Å². The molecule has 1 fully saturated rings. The van der Waals surface area contributed by atoms with Gasteiger partial charge in [0.25, 0.3) is 0 Å². The molecule has 0 spiro atoms. The number of aryl methyl sites for hydroxylation is 1. The molecule has 1 atom stereocenters. The number of pyridine rings is 2. The predicted molar refractivity (Wildman–Crippen MR) is 129 cm³/mol. The zero-order valence-corrected chi connectivity index (χ0v) is 19.7. The normalized spacial score (nSPS) is 15.3. The first-order valence-electron chi connectivity index (χ1n) is 11.4. The molecule has 1 unspecified atom stereocenters. The number of carbonyl (C=O) groups is 1. The van der Waals surface area contributed by atoms with Crippen LogP contribution >= 0.6 is 0 Å². The van der Waals surface area contributed by atoms with E-state index in [1.165, 1.54) is 12.1 Å². The molecule has 9 heteroatoms. The third-order valence-electron chi connectivity index (χ3n) is 6.31. The Kier molecular flexibility index (Phi) is 7.33. The van der Waals surface area contributed by atoms with Gasteiger partial charge >= 0.3 is 0 Å².